The van der Waals surface area contributed by atoms with Gasteiger partial charge in [-0.15, -0.1) is 0 Å². The molecule has 3 rings (SSSR count). The van der Waals surface area contributed by atoms with Crippen LogP contribution in [0.4, 0.5) is 0 Å². The molecule has 0 atom stereocenters. The number of aromatic amines is 1. The number of aryl methyl sites for hydroxylation is 1. The molecule has 0 unspecified atom stereocenters. The number of benzene rings is 1. The van der Waals surface area contributed by atoms with Crippen LogP contribution >= 0.6 is 23.2 Å². The molecule has 0 radical (unpaired) electrons. The molecule has 0 spiro atoms. The van der Waals surface area contributed by atoms with E-state index in [1.54, 1.807) is 18.2 Å². The van der Waals surface area contributed by atoms with Gasteiger partial charge in [0.1, 0.15) is 0 Å². The molecular weight excluding hydrogens is 395 g/mol. The van der Waals surface area contributed by atoms with Gasteiger partial charge in [-0.2, -0.15) is 5.10 Å². The zero-order valence-electron chi connectivity index (χ0n) is 14.4. The Labute approximate surface area is 162 Å². The van der Waals surface area contributed by atoms with E-state index in [4.69, 9.17) is 23.2 Å². The number of carbonyl (C=O) groups excluding carboxylic acids is 1. The third-order valence-corrected chi connectivity index (χ3v) is 4.68. The summed E-state index contributed by atoms with van der Waals surface area (Å²) < 4.78 is 3.70. The molecule has 0 aliphatic carbocycles. The summed E-state index contributed by atoms with van der Waals surface area (Å²) >= 11 is 11.8. The lowest BCUT2D eigenvalue weighted by atomic mass is 10.2. The number of halogens is 2. The molecule has 0 saturated carbocycles. The van der Waals surface area contributed by atoms with Gasteiger partial charge < -0.3 is 0 Å². The number of hydrogen-bond donors (Lipinski definition) is 2. The fourth-order valence-electron chi connectivity index (χ4n) is 2.54. The Bertz CT molecular complexity index is 1190. The Hall–Kier alpha value is -2.91. The van der Waals surface area contributed by atoms with Gasteiger partial charge in [-0.05, 0) is 17.7 Å². The highest BCUT2D eigenvalue weighted by molar-refractivity contribution is 6.42. The molecule has 3 aromatic rings. The minimum absolute atomic E-state index is 0.161. The first-order valence-corrected chi connectivity index (χ1v) is 8.48. The zero-order chi connectivity index (χ0) is 19.7. The standard InChI is InChI=1S/C16H14Cl2N6O3/c1-22-14-13(15(26)23(2)16(22)27)24(8-19-14)7-12(25)21-20-6-9-3-4-10(17)11(18)5-9/h3-6,8H,7H2,1-2H3,(H,21,25)/p+1. The van der Waals surface area contributed by atoms with E-state index in [1.165, 1.54) is 35.8 Å². The van der Waals surface area contributed by atoms with Gasteiger partial charge in [-0.3, -0.25) is 18.7 Å². The highest BCUT2D eigenvalue weighted by atomic mass is 35.5. The third-order valence-electron chi connectivity index (χ3n) is 3.95. The van der Waals surface area contributed by atoms with Crippen molar-refractivity contribution in [3.05, 3.63) is 61.0 Å². The van der Waals surface area contributed by atoms with Gasteiger partial charge in [0.25, 0.3) is 17.1 Å². The summed E-state index contributed by atoms with van der Waals surface area (Å²) in [6.45, 7) is -0.161. The van der Waals surface area contributed by atoms with Crippen LogP contribution in [0.5, 0.6) is 0 Å². The fourth-order valence-corrected chi connectivity index (χ4v) is 2.85. The molecule has 1 amide bonds. The van der Waals surface area contributed by atoms with Crippen molar-refractivity contribution in [3.8, 4) is 0 Å². The number of amides is 1. The number of nitrogens with one attached hydrogen (secondary N) is 2. The van der Waals surface area contributed by atoms with Gasteiger partial charge in [0, 0.05) is 14.1 Å². The van der Waals surface area contributed by atoms with Crippen molar-refractivity contribution in [1.29, 1.82) is 0 Å². The maximum atomic E-state index is 12.3. The Morgan fingerprint density at radius 1 is 1.26 bits per heavy atom. The van der Waals surface area contributed by atoms with E-state index in [-0.39, 0.29) is 12.1 Å². The number of H-pyrrole nitrogens is 1. The number of hydrogen-bond acceptors (Lipinski definition) is 4. The molecule has 0 aliphatic heterocycles. The number of carbonyl (C=O) groups is 1. The predicted molar refractivity (Wildman–Crippen MR) is 101 cm³/mol. The first kappa shape index (κ1) is 18.9. The Morgan fingerprint density at radius 2 is 2.00 bits per heavy atom. The molecule has 2 aromatic heterocycles. The zero-order valence-corrected chi connectivity index (χ0v) is 15.9. The van der Waals surface area contributed by atoms with Crippen LogP contribution in [0.3, 0.4) is 0 Å². The number of nitrogens with zero attached hydrogens (tertiary/aromatic N) is 4. The molecule has 2 N–H and O–H groups in total. The summed E-state index contributed by atoms with van der Waals surface area (Å²) in [5.41, 5.74) is 2.61. The lowest BCUT2D eigenvalue weighted by molar-refractivity contribution is -0.659. The quantitative estimate of drug-likeness (QED) is 0.368. The Morgan fingerprint density at radius 3 is 2.70 bits per heavy atom. The summed E-state index contributed by atoms with van der Waals surface area (Å²) in [6, 6.07) is 4.93. The van der Waals surface area contributed by atoms with Crippen LogP contribution in [0.1, 0.15) is 5.56 Å². The lowest BCUT2D eigenvalue weighted by Crippen LogP contribution is -2.46. The van der Waals surface area contributed by atoms with Crippen LogP contribution < -0.4 is 21.2 Å². The smallest absolute Gasteiger partial charge is 0.269 e. The summed E-state index contributed by atoms with van der Waals surface area (Å²) in [5, 5.41) is 4.65. The van der Waals surface area contributed by atoms with Gasteiger partial charge in [-0.1, -0.05) is 29.3 Å². The highest BCUT2D eigenvalue weighted by Gasteiger charge is 2.21. The Balaban J connectivity index is 1.78. The number of fused-ring (bicyclic) bond motifs is 1. The topological polar surface area (TPSA) is 105 Å². The van der Waals surface area contributed by atoms with Crippen LogP contribution in [0.2, 0.25) is 10.0 Å². The van der Waals surface area contributed by atoms with Crippen LogP contribution in [-0.2, 0) is 25.4 Å². The van der Waals surface area contributed by atoms with Crippen molar-refractivity contribution in [2.45, 2.75) is 6.54 Å². The van der Waals surface area contributed by atoms with Gasteiger partial charge in [-0.25, -0.2) is 19.8 Å². The molecule has 140 valence electrons. The molecule has 0 bridgehead atoms. The van der Waals surface area contributed by atoms with Crippen molar-refractivity contribution in [3.63, 3.8) is 0 Å². The normalized spacial score (nSPS) is 11.4. The molecule has 0 saturated heterocycles. The number of hydrazone groups is 1. The van der Waals surface area contributed by atoms with Gasteiger partial charge in [0.15, 0.2) is 6.54 Å². The maximum absolute atomic E-state index is 12.3. The lowest BCUT2D eigenvalue weighted by Gasteiger charge is -2.01. The first-order valence-electron chi connectivity index (χ1n) is 7.73. The van der Waals surface area contributed by atoms with Crippen LogP contribution in [0.25, 0.3) is 11.2 Å². The van der Waals surface area contributed by atoms with Crippen molar-refractivity contribution in [2.24, 2.45) is 19.2 Å². The largest absolute Gasteiger partial charge is 0.333 e. The average molecular weight is 410 g/mol. The molecule has 27 heavy (non-hydrogen) atoms. The van der Waals surface area contributed by atoms with Crippen LogP contribution in [-0.4, -0.2) is 26.2 Å². The monoisotopic (exact) mass is 409 g/mol. The van der Waals surface area contributed by atoms with E-state index in [2.05, 4.69) is 15.5 Å². The molecule has 1 aromatic carbocycles. The van der Waals surface area contributed by atoms with E-state index in [0.717, 1.165) is 4.57 Å². The van der Waals surface area contributed by atoms with Crippen LogP contribution in [0.15, 0.2) is 39.2 Å². The third kappa shape index (κ3) is 3.64. The molecule has 0 fully saturated rings. The van der Waals surface area contributed by atoms with E-state index in [0.29, 0.717) is 21.3 Å². The van der Waals surface area contributed by atoms with Gasteiger partial charge in [0.05, 0.1) is 16.3 Å². The summed E-state index contributed by atoms with van der Waals surface area (Å²) in [7, 11) is 2.91. The van der Waals surface area contributed by atoms with Crippen molar-refractivity contribution >= 4 is 46.5 Å². The second-order valence-electron chi connectivity index (χ2n) is 5.77. The summed E-state index contributed by atoms with van der Waals surface area (Å²) in [4.78, 5) is 39.2. The minimum Gasteiger partial charge on any atom is -0.269 e. The van der Waals surface area contributed by atoms with Crippen LogP contribution in [0, 0.1) is 0 Å². The van der Waals surface area contributed by atoms with Crippen molar-refractivity contribution in [1.82, 2.24) is 19.5 Å². The van der Waals surface area contributed by atoms with Gasteiger partial charge in [0.2, 0.25) is 6.33 Å². The molecule has 0 aliphatic rings. The van der Waals surface area contributed by atoms with Crippen molar-refractivity contribution in [2.75, 3.05) is 0 Å². The molecule has 9 nitrogen and oxygen atoms in total. The van der Waals surface area contributed by atoms with E-state index >= 15 is 0 Å². The number of rotatable bonds is 4. The summed E-state index contributed by atoms with van der Waals surface area (Å²) in [6.07, 6.45) is 2.87. The first-order chi connectivity index (χ1) is 12.8. The van der Waals surface area contributed by atoms with E-state index in [1.807, 2.05) is 0 Å². The molecular formula is C16H15Cl2N6O3+. The Kier molecular flexibility index (Phi) is 5.15. The predicted octanol–water partition coefficient (Wildman–Crippen LogP) is 0.310. The number of aromatic nitrogens is 4. The molecule has 2 heterocycles. The highest BCUT2D eigenvalue weighted by Crippen LogP contribution is 2.21. The maximum Gasteiger partial charge on any atom is 0.333 e. The minimum atomic E-state index is -0.499. The molecule has 11 heteroatoms. The van der Waals surface area contributed by atoms with E-state index in [9.17, 15) is 14.4 Å². The second-order valence-corrected chi connectivity index (χ2v) is 6.59. The van der Waals surface area contributed by atoms with E-state index < -0.39 is 17.2 Å². The fraction of sp³-hybridized carbons (Fsp3) is 0.188. The number of imidazole rings is 1. The van der Waals surface area contributed by atoms with Crippen molar-refractivity contribution < 1.29 is 9.36 Å². The van der Waals surface area contributed by atoms with Gasteiger partial charge >= 0.3 is 11.2 Å². The summed E-state index contributed by atoms with van der Waals surface area (Å²) in [5.74, 6) is -0.451. The average Bonchev–Trinajstić information content (AvgIpc) is 3.04. The second kappa shape index (κ2) is 7.37. The SMILES string of the molecule is Cn1c(=O)c2c([nH]c[n+]2CC(=O)NN=Cc2ccc(Cl)c(Cl)c2)n(C)c1=O.